The fraction of sp³-hybridized carbons (Fsp3) is 0.643. The molecule has 6 nitrogen and oxygen atoms in total. The summed E-state index contributed by atoms with van der Waals surface area (Å²) in [5, 5.41) is 8.46. The van der Waals surface area contributed by atoms with Crippen LogP contribution in [0.1, 0.15) is 56.0 Å². The van der Waals surface area contributed by atoms with Crippen molar-refractivity contribution >= 4 is 12.4 Å². The maximum absolute atomic E-state index is 6.38. The van der Waals surface area contributed by atoms with Crippen LogP contribution in [0.5, 0.6) is 0 Å². The van der Waals surface area contributed by atoms with Crippen LogP contribution in [0, 0.1) is 0 Å². The summed E-state index contributed by atoms with van der Waals surface area (Å²) in [5.74, 6) is 1.80. The van der Waals surface area contributed by atoms with E-state index in [1.807, 2.05) is 17.9 Å². The highest BCUT2D eigenvalue weighted by molar-refractivity contribution is 5.85. The first kappa shape index (κ1) is 14.5. The van der Waals surface area contributed by atoms with E-state index in [1.54, 1.807) is 0 Å². The molecule has 0 aliphatic heterocycles. The molecule has 2 aliphatic rings. The zero-order chi connectivity index (χ0) is 13.7. The number of halogens is 1. The van der Waals surface area contributed by atoms with Crippen LogP contribution in [0.3, 0.4) is 0 Å². The first-order chi connectivity index (χ1) is 9.67. The Balaban J connectivity index is 0.00000132. The van der Waals surface area contributed by atoms with Gasteiger partial charge in [-0.05, 0) is 25.7 Å². The van der Waals surface area contributed by atoms with Gasteiger partial charge in [-0.1, -0.05) is 18.0 Å². The Bertz CT molecular complexity index is 640. The van der Waals surface area contributed by atoms with Crippen molar-refractivity contribution in [2.45, 2.75) is 50.0 Å². The Morgan fingerprint density at radius 3 is 2.71 bits per heavy atom. The molecule has 0 aromatic carbocycles. The summed E-state index contributed by atoms with van der Waals surface area (Å²) < 4.78 is 7.39. The average molecular weight is 310 g/mol. The highest BCUT2D eigenvalue weighted by Crippen LogP contribution is 2.44. The van der Waals surface area contributed by atoms with Crippen molar-refractivity contribution in [3.8, 4) is 11.5 Å². The number of rotatable bonds is 3. The second kappa shape index (κ2) is 5.10. The van der Waals surface area contributed by atoms with Gasteiger partial charge in [0.05, 0.1) is 23.0 Å². The number of nitrogens with two attached hydrogens (primary N) is 1. The molecule has 0 spiro atoms. The third kappa shape index (κ3) is 2.36. The minimum Gasteiger partial charge on any atom is -0.334 e. The number of aromatic nitrogens is 4. The van der Waals surface area contributed by atoms with Crippen molar-refractivity contribution in [1.82, 2.24) is 19.9 Å². The molecule has 2 saturated carbocycles. The lowest BCUT2D eigenvalue weighted by Gasteiger charge is -2.17. The van der Waals surface area contributed by atoms with E-state index < -0.39 is 5.54 Å². The first-order valence-corrected chi connectivity index (χ1v) is 7.33. The van der Waals surface area contributed by atoms with Gasteiger partial charge in [-0.25, -0.2) is 0 Å². The van der Waals surface area contributed by atoms with E-state index in [0.717, 1.165) is 31.2 Å². The van der Waals surface area contributed by atoms with Crippen LogP contribution in [-0.4, -0.2) is 19.9 Å². The lowest BCUT2D eigenvalue weighted by Crippen LogP contribution is -2.34. The Morgan fingerprint density at radius 1 is 1.33 bits per heavy atom. The van der Waals surface area contributed by atoms with E-state index in [4.69, 9.17) is 10.3 Å². The predicted octanol–water partition coefficient (Wildman–Crippen LogP) is 2.50. The second-order valence-corrected chi connectivity index (χ2v) is 6.13. The zero-order valence-electron chi connectivity index (χ0n) is 12.1. The summed E-state index contributed by atoms with van der Waals surface area (Å²) >= 11 is 0. The molecule has 2 heterocycles. The molecular weight excluding hydrogens is 290 g/mol. The molecule has 0 radical (unpaired) electrons. The van der Waals surface area contributed by atoms with E-state index >= 15 is 0 Å². The Hall–Kier alpha value is -1.40. The Labute approximate surface area is 129 Å². The normalized spacial score (nSPS) is 20.5. The van der Waals surface area contributed by atoms with Crippen LogP contribution in [-0.2, 0) is 12.6 Å². The molecule has 4 rings (SSSR count). The zero-order valence-corrected chi connectivity index (χ0v) is 12.9. The van der Waals surface area contributed by atoms with Crippen LogP contribution in [0.15, 0.2) is 10.7 Å². The summed E-state index contributed by atoms with van der Waals surface area (Å²) in [6.45, 7) is 0. The summed E-state index contributed by atoms with van der Waals surface area (Å²) in [4.78, 5) is 4.56. The van der Waals surface area contributed by atoms with Crippen molar-refractivity contribution < 1.29 is 4.52 Å². The van der Waals surface area contributed by atoms with Gasteiger partial charge in [0.2, 0.25) is 0 Å². The van der Waals surface area contributed by atoms with Crippen molar-refractivity contribution in [3.05, 3.63) is 17.7 Å². The fourth-order valence-corrected chi connectivity index (χ4v) is 3.22. The summed E-state index contributed by atoms with van der Waals surface area (Å²) in [6.07, 6.45) is 8.41. The quantitative estimate of drug-likeness (QED) is 0.942. The fourth-order valence-electron chi connectivity index (χ4n) is 3.22. The van der Waals surface area contributed by atoms with Gasteiger partial charge < -0.3 is 10.3 Å². The van der Waals surface area contributed by atoms with Gasteiger partial charge in [0.1, 0.15) is 0 Å². The third-order valence-electron chi connectivity index (χ3n) is 4.55. The van der Waals surface area contributed by atoms with Crippen LogP contribution >= 0.6 is 12.4 Å². The number of hydrogen-bond donors (Lipinski definition) is 1. The summed E-state index contributed by atoms with van der Waals surface area (Å²) in [5.41, 5.74) is 8.16. The summed E-state index contributed by atoms with van der Waals surface area (Å²) in [7, 11) is 1.97. The smallest absolute Gasteiger partial charge is 0.261 e. The third-order valence-corrected chi connectivity index (χ3v) is 4.55. The minimum absolute atomic E-state index is 0. The highest BCUT2D eigenvalue weighted by Gasteiger charge is 2.37. The molecule has 21 heavy (non-hydrogen) atoms. The maximum Gasteiger partial charge on any atom is 0.261 e. The van der Waals surface area contributed by atoms with Gasteiger partial charge in [0, 0.05) is 13.0 Å². The Morgan fingerprint density at radius 2 is 2.05 bits per heavy atom. The van der Waals surface area contributed by atoms with Gasteiger partial charge in [0.15, 0.2) is 5.82 Å². The minimum atomic E-state index is -0.399. The number of hydrogen-bond acceptors (Lipinski definition) is 5. The molecule has 0 atom stereocenters. The molecule has 0 unspecified atom stereocenters. The van der Waals surface area contributed by atoms with E-state index in [2.05, 4.69) is 15.2 Å². The predicted molar refractivity (Wildman–Crippen MR) is 80.1 cm³/mol. The van der Waals surface area contributed by atoms with Crippen LogP contribution in [0.2, 0.25) is 0 Å². The van der Waals surface area contributed by atoms with Crippen molar-refractivity contribution in [2.75, 3.05) is 0 Å². The summed E-state index contributed by atoms with van der Waals surface area (Å²) in [6, 6.07) is 0. The standard InChI is InChI=1S/C14H19N5O.ClH/c1-19-11(9-4-5-9)10(8-16-19)12-17-13(18-20-12)14(15)6-2-3-7-14;/h8-9H,2-7,15H2,1H3;1H. The molecule has 2 aliphatic carbocycles. The molecule has 2 aromatic heterocycles. The lowest BCUT2D eigenvalue weighted by molar-refractivity contribution is 0.372. The van der Waals surface area contributed by atoms with E-state index in [0.29, 0.717) is 17.6 Å². The van der Waals surface area contributed by atoms with Crippen molar-refractivity contribution in [1.29, 1.82) is 0 Å². The molecule has 2 fully saturated rings. The SMILES string of the molecule is Cl.Cn1ncc(-c2nc(C3(N)CCCC3)no2)c1C1CC1. The molecule has 7 heteroatoms. The number of aryl methyl sites for hydroxylation is 1. The van der Waals surface area contributed by atoms with Crippen LogP contribution < -0.4 is 5.73 Å². The number of nitrogens with zero attached hydrogens (tertiary/aromatic N) is 4. The molecule has 2 aromatic rings. The molecule has 114 valence electrons. The highest BCUT2D eigenvalue weighted by atomic mass is 35.5. The van der Waals surface area contributed by atoms with Gasteiger partial charge in [0.25, 0.3) is 5.89 Å². The van der Waals surface area contributed by atoms with Crippen molar-refractivity contribution in [3.63, 3.8) is 0 Å². The first-order valence-electron chi connectivity index (χ1n) is 7.33. The largest absolute Gasteiger partial charge is 0.334 e. The van der Waals surface area contributed by atoms with E-state index in [-0.39, 0.29) is 12.4 Å². The molecule has 0 saturated heterocycles. The van der Waals surface area contributed by atoms with Gasteiger partial charge >= 0.3 is 0 Å². The molecule has 0 bridgehead atoms. The molecule has 2 N–H and O–H groups in total. The Kier molecular flexibility index (Phi) is 3.53. The monoisotopic (exact) mass is 309 g/mol. The van der Waals surface area contributed by atoms with Gasteiger partial charge in [-0.2, -0.15) is 10.1 Å². The average Bonchev–Trinajstić information content (AvgIpc) is 2.87. The van der Waals surface area contributed by atoms with Gasteiger partial charge in [-0.3, -0.25) is 4.68 Å². The van der Waals surface area contributed by atoms with Crippen LogP contribution in [0.25, 0.3) is 11.5 Å². The molecular formula is C14H20ClN5O. The second-order valence-electron chi connectivity index (χ2n) is 6.13. The van der Waals surface area contributed by atoms with Crippen LogP contribution in [0.4, 0.5) is 0 Å². The lowest BCUT2D eigenvalue weighted by atomic mass is 9.99. The molecule has 0 amide bonds. The van der Waals surface area contributed by atoms with Gasteiger partial charge in [-0.15, -0.1) is 12.4 Å². The topological polar surface area (TPSA) is 82.8 Å². The maximum atomic E-state index is 6.38. The van der Waals surface area contributed by atoms with Crippen molar-refractivity contribution in [2.24, 2.45) is 12.8 Å². The van der Waals surface area contributed by atoms with E-state index in [9.17, 15) is 0 Å². The van der Waals surface area contributed by atoms with E-state index in [1.165, 1.54) is 18.5 Å².